The van der Waals surface area contributed by atoms with E-state index in [1.165, 1.54) is 21.5 Å². The van der Waals surface area contributed by atoms with Crippen molar-refractivity contribution in [1.82, 2.24) is 0 Å². The highest BCUT2D eigenvalue weighted by Crippen LogP contribution is 2.58. The van der Waals surface area contributed by atoms with Gasteiger partial charge in [0.15, 0.2) is 0 Å². The molecule has 4 aromatic rings. The molecule has 0 unspecified atom stereocenters. The van der Waals surface area contributed by atoms with Crippen molar-refractivity contribution in [2.24, 2.45) is 0 Å². The second kappa shape index (κ2) is 17.9. The van der Waals surface area contributed by atoms with Crippen LogP contribution in [-0.4, -0.2) is 71.8 Å². The molecule has 0 radical (unpaired) electrons. The second-order valence-electron chi connectivity index (χ2n) is 9.42. The molecule has 0 atom stereocenters. The molecular formula is C32H41ClNO4P. The van der Waals surface area contributed by atoms with Crippen LogP contribution in [0.4, 0.5) is 0 Å². The molecule has 5 nitrogen and oxygen atoms in total. The molecule has 0 aliphatic heterocycles. The molecule has 0 fully saturated rings. The van der Waals surface area contributed by atoms with Crippen molar-refractivity contribution >= 4 is 23.2 Å². The Hall–Kier alpha value is -2.60. The van der Waals surface area contributed by atoms with Gasteiger partial charge in [-0.05, 0) is 42.0 Å². The van der Waals surface area contributed by atoms with Gasteiger partial charge in [0.25, 0.3) is 0 Å². The number of aliphatic hydroxyl groups excluding tert-OH is 3. The van der Waals surface area contributed by atoms with Gasteiger partial charge in [0.05, 0.1) is 33.0 Å². The third kappa shape index (κ3) is 9.52. The monoisotopic (exact) mass is 569 g/mol. The standard InChI is InChI=1S/C25H22P.C7H18NO3.ClH.H2O/c1-5-13-22(14-6-1)21-26(23-15-7-2-8-16-23,24-17-9-3-10-18-24)25-19-11-4-12-20-25;1-8(2-5-9,3-6-10)4-7-11;;/h1-20H,21H2;9-11H,2-7H2,1H3;1H;1H2/q2*+1;;/p-2. The van der Waals surface area contributed by atoms with Gasteiger partial charge in [-0.2, -0.15) is 0 Å². The van der Waals surface area contributed by atoms with E-state index in [0.29, 0.717) is 24.1 Å². The van der Waals surface area contributed by atoms with Crippen LogP contribution in [0.25, 0.3) is 0 Å². The van der Waals surface area contributed by atoms with Crippen LogP contribution < -0.4 is 28.3 Å². The van der Waals surface area contributed by atoms with Crippen molar-refractivity contribution in [3.63, 3.8) is 0 Å². The van der Waals surface area contributed by atoms with E-state index in [1.54, 1.807) is 0 Å². The summed E-state index contributed by atoms with van der Waals surface area (Å²) in [5.74, 6) is 0. The molecule has 0 saturated heterocycles. The summed E-state index contributed by atoms with van der Waals surface area (Å²) in [5, 5.41) is 30.3. The molecule has 0 bridgehead atoms. The summed E-state index contributed by atoms with van der Waals surface area (Å²) < 4.78 is 0.531. The fraction of sp³-hybridized carbons (Fsp3) is 0.250. The highest BCUT2D eigenvalue weighted by Gasteiger charge is 2.45. The van der Waals surface area contributed by atoms with E-state index >= 15 is 0 Å². The van der Waals surface area contributed by atoms with E-state index in [4.69, 9.17) is 15.3 Å². The van der Waals surface area contributed by atoms with Gasteiger partial charge >= 0.3 is 0 Å². The molecular weight excluding hydrogens is 529 g/mol. The Kier molecular flexibility index (Phi) is 15.8. The van der Waals surface area contributed by atoms with Crippen molar-refractivity contribution in [3.8, 4) is 0 Å². The number of quaternary nitrogens is 1. The summed E-state index contributed by atoms with van der Waals surface area (Å²) in [6, 6.07) is 44.0. The first-order valence-electron chi connectivity index (χ1n) is 12.8. The highest BCUT2D eigenvalue weighted by atomic mass is 35.5. The Labute approximate surface area is 240 Å². The van der Waals surface area contributed by atoms with Crippen LogP contribution in [0.5, 0.6) is 0 Å². The van der Waals surface area contributed by atoms with Crippen molar-refractivity contribution < 1.29 is 37.7 Å². The molecule has 0 aliphatic carbocycles. The maximum absolute atomic E-state index is 8.68. The van der Waals surface area contributed by atoms with Crippen LogP contribution >= 0.6 is 7.26 Å². The van der Waals surface area contributed by atoms with Crippen LogP contribution in [0.1, 0.15) is 5.56 Å². The lowest BCUT2D eigenvalue weighted by Gasteiger charge is -2.32. The number of nitrogens with zero attached hydrogens (tertiary/aromatic N) is 1. The lowest BCUT2D eigenvalue weighted by molar-refractivity contribution is -0.910. The van der Waals surface area contributed by atoms with Gasteiger partial charge in [-0.25, -0.2) is 0 Å². The molecule has 0 heterocycles. The fourth-order valence-corrected chi connectivity index (χ4v) is 8.93. The predicted molar refractivity (Wildman–Crippen MR) is 159 cm³/mol. The Bertz CT molecular complexity index is 1040. The Morgan fingerprint density at radius 2 is 0.795 bits per heavy atom. The van der Waals surface area contributed by atoms with Gasteiger partial charge in [0, 0.05) is 0 Å². The minimum absolute atomic E-state index is 0. The van der Waals surface area contributed by atoms with Crippen molar-refractivity contribution in [2.45, 2.75) is 6.16 Å². The first-order chi connectivity index (χ1) is 18.1. The summed E-state index contributed by atoms with van der Waals surface area (Å²) in [4.78, 5) is 0. The predicted octanol–water partition coefficient (Wildman–Crippen LogP) is 0.418. The summed E-state index contributed by atoms with van der Waals surface area (Å²) in [6.45, 7) is 2.03. The molecule has 4 rings (SSSR count). The Morgan fingerprint density at radius 3 is 1.08 bits per heavy atom. The third-order valence-corrected chi connectivity index (χ3v) is 11.2. The van der Waals surface area contributed by atoms with Crippen LogP contribution in [0.2, 0.25) is 0 Å². The molecule has 39 heavy (non-hydrogen) atoms. The first kappa shape index (κ1) is 34.4. The average Bonchev–Trinajstić information content (AvgIpc) is 2.94. The van der Waals surface area contributed by atoms with Crippen LogP contribution in [0.15, 0.2) is 121 Å². The SMILES string of the molecule is C[N+](CCO)(CCO)CCO.[Cl-].[OH-].c1ccc(C[P+](c2ccccc2)(c2ccccc2)c2ccccc2)cc1. The van der Waals surface area contributed by atoms with E-state index in [9.17, 15) is 0 Å². The molecule has 0 aromatic heterocycles. The van der Waals surface area contributed by atoms with Crippen molar-refractivity contribution in [2.75, 3.05) is 46.5 Å². The van der Waals surface area contributed by atoms with E-state index in [1.807, 2.05) is 7.05 Å². The molecule has 7 heteroatoms. The van der Waals surface area contributed by atoms with Crippen molar-refractivity contribution in [3.05, 3.63) is 127 Å². The number of hydrogen-bond acceptors (Lipinski definition) is 4. The zero-order chi connectivity index (χ0) is 26.4. The van der Waals surface area contributed by atoms with Gasteiger partial charge in [-0.15, -0.1) is 0 Å². The zero-order valence-corrected chi connectivity index (χ0v) is 24.2. The highest BCUT2D eigenvalue weighted by molar-refractivity contribution is 7.95. The molecule has 0 spiro atoms. The molecule has 4 N–H and O–H groups in total. The smallest absolute Gasteiger partial charge is 0.116 e. The third-order valence-electron chi connectivity index (χ3n) is 6.77. The molecule has 4 aromatic carbocycles. The number of benzene rings is 4. The number of hydrogen-bond donors (Lipinski definition) is 3. The number of aliphatic hydroxyl groups is 3. The first-order valence-corrected chi connectivity index (χ1v) is 14.8. The number of likely N-dealkylation sites (N-methyl/N-ethyl adjacent to an activating group) is 1. The van der Waals surface area contributed by atoms with Gasteiger partial charge in [-0.3, -0.25) is 0 Å². The zero-order valence-electron chi connectivity index (χ0n) is 22.6. The average molecular weight is 570 g/mol. The van der Waals surface area contributed by atoms with Crippen LogP contribution in [-0.2, 0) is 6.16 Å². The largest absolute Gasteiger partial charge is 1.00 e. The normalized spacial score (nSPS) is 10.9. The second-order valence-corrected chi connectivity index (χ2v) is 12.9. The molecule has 0 aliphatic rings. The van der Waals surface area contributed by atoms with E-state index in [2.05, 4.69) is 121 Å². The van der Waals surface area contributed by atoms with Gasteiger partial charge in [0.2, 0.25) is 0 Å². The quantitative estimate of drug-likeness (QED) is 0.180. The summed E-state index contributed by atoms with van der Waals surface area (Å²) >= 11 is 0. The van der Waals surface area contributed by atoms with E-state index in [-0.39, 0.29) is 37.7 Å². The maximum Gasteiger partial charge on any atom is 0.116 e. The van der Waals surface area contributed by atoms with E-state index in [0.717, 1.165) is 6.16 Å². The minimum Gasteiger partial charge on any atom is -1.00 e. The van der Waals surface area contributed by atoms with Crippen molar-refractivity contribution in [1.29, 1.82) is 0 Å². The lowest BCUT2D eigenvalue weighted by atomic mass is 10.2. The fourth-order valence-electron chi connectivity index (χ4n) is 4.69. The van der Waals surface area contributed by atoms with Gasteiger partial charge in [0.1, 0.15) is 42.8 Å². The molecule has 210 valence electrons. The van der Waals surface area contributed by atoms with Gasteiger partial charge < -0.3 is 37.7 Å². The Morgan fingerprint density at radius 1 is 0.513 bits per heavy atom. The summed E-state index contributed by atoms with van der Waals surface area (Å²) in [5.41, 5.74) is 1.39. The lowest BCUT2D eigenvalue weighted by Crippen LogP contribution is -3.00. The molecule has 0 saturated carbocycles. The number of halogens is 1. The van der Waals surface area contributed by atoms with Crippen LogP contribution in [0, 0.1) is 0 Å². The Balaban J connectivity index is 0.000000505. The van der Waals surface area contributed by atoms with E-state index < -0.39 is 7.26 Å². The summed E-state index contributed by atoms with van der Waals surface area (Å²) in [6.07, 6.45) is 1.03. The van der Waals surface area contributed by atoms with Gasteiger partial charge in [-0.1, -0.05) is 84.9 Å². The maximum atomic E-state index is 8.68. The number of rotatable bonds is 11. The topological polar surface area (TPSA) is 90.7 Å². The minimum atomic E-state index is -1.78. The van der Waals surface area contributed by atoms with Crippen LogP contribution in [0.3, 0.4) is 0 Å². The molecule has 0 amide bonds. The summed E-state index contributed by atoms with van der Waals surface area (Å²) in [7, 11) is 0.130.